The molecule has 0 spiro atoms. The van der Waals surface area contributed by atoms with Crippen LogP contribution in [0.3, 0.4) is 0 Å². The van der Waals surface area contributed by atoms with E-state index >= 15 is 0 Å². The summed E-state index contributed by atoms with van der Waals surface area (Å²) in [5.74, 6) is -1.04. The van der Waals surface area contributed by atoms with Gasteiger partial charge >= 0.3 is 5.97 Å². The lowest BCUT2D eigenvalue weighted by Crippen LogP contribution is -1.98. The number of aryl methyl sites for hydroxylation is 1. The highest BCUT2D eigenvalue weighted by atomic mass is 79.9. The van der Waals surface area contributed by atoms with Gasteiger partial charge in [-0.3, -0.25) is 0 Å². The first-order valence-corrected chi connectivity index (χ1v) is 5.66. The molecule has 0 aliphatic heterocycles. The number of nitrogens with zero attached hydrogens (tertiary/aromatic N) is 2. The lowest BCUT2D eigenvalue weighted by molar-refractivity contribution is 0.0689. The number of aromatic nitrogens is 2. The van der Waals surface area contributed by atoms with E-state index < -0.39 is 5.97 Å². The number of rotatable bonds is 1. The molecule has 0 amide bonds. The third-order valence-corrected chi connectivity index (χ3v) is 3.21. The van der Waals surface area contributed by atoms with Crippen LogP contribution in [-0.2, 0) is 0 Å². The van der Waals surface area contributed by atoms with Gasteiger partial charge < -0.3 is 5.11 Å². The number of pyridine rings is 1. The minimum atomic E-state index is -1.04. The molecule has 2 rings (SSSR count). The van der Waals surface area contributed by atoms with Gasteiger partial charge in [-0.15, -0.1) is 0 Å². The van der Waals surface area contributed by atoms with Gasteiger partial charge in [0.05, 0.1) is 9.99 Å². The van der Waals surface area contributed by atoms with Crippen molar-refractivity contribution in [3.63, 3.8) is 0 Å². The average molecular weight is 334 g/mol. The average Bonchev–Trinajstić information content (AvgIpc) is 2.42. The molecule has 6 heteroatoms. The Hall–Kier alpha value is -0.880. The van der Waals surface area contributed by atoms with Crippen LogP contribution in [-0.4, -0.2) is 20.7 Å². The molecule has 0 saturated heterocycles. The van der Waals surface area contributed by atoms with Gasteiger partial charge in [-0.2, -0.15) is 5.10 Å². The molecule has 4 nitrogen and oxygen atoms in total. The Morgan fingerprint density at radius 2 is 2.20 bits per heavy atom. The quantitative estimate of drug-likeness (QED) is 0.873. The second kappa shape index (κ2) is 3.61. The van der Waals surface area contributed by atoms with E-state index in [0.29, 0.717) is 4.47 Å². The van der Waals surface area contributed by atoms with E-state index in [1.807, 2.05) is 13.0 Å². The van der Waals surface area contributed by atoms with Crippen molar-refractivity contribution < 1.29 is 9.90 Å². The Labute approximate surface area is 102 Å². The van der Waals surface area contributed by atoms with Gasteiger partial charge in [0.1, 0.15) is 0 Å². The van der Waals surface area contributed by atoms with Gasteiger partial charge in [0.15, 0.2) is 5.69 Å². The third kappa shape index (κ3) is 1.68. The Balaban J connectivity index is 2.88. The summed E-state index contributed by atoms with van der Waals surface area (Å²) < 4.78 is 2.92. The molecule has 0 saturated carbocycles. The normalized spacial score (nSPS) is 10.9. The highest BCUT2D eigenvalue weighted by Crippen LogP contribution is 2.27. The molecular weight excluding hydrogens is 328 g/mol. The lowest BCUT2D eigenvalue weighted by atomic mass is 10.2. The van der Waals surface area contributed by atoms with Gasteiger partial charge in [0, 0.05) is 10.7 Å². The van der Waals surface area contributed by atoms with Crippen molar-refractivity contribution in [2.75, 3.05) is 0 Å². The fourth-order valence-corrected chi connectivity index (χ4v) is 2.71. The number of hydrogen-bond donors (Lipinski definition) is 1. The van der Waals surface area contributed by atoms with Crippen LogP contribution in [0.4, 0.5) is 0 Å². The van der Waals surface area contributed by atoms with Crippen molar-refractivity contribution in [1.82, 2.24) is 9.61 Å². The Bertz CT molecular complexity index is 563. The van der Waals surface area contributed by atoms with Gasteiger partial charge in [0.2, 0.25) is 0 Å². The Morgan fingerprint density at radius 1 is 1.53 bits per heavy atom. The molecule has 15 heavy (non-hydrogen) atoms. The molecule has 2 heterocycles. The van der Waals surface area contributed by atoms with Crippen molar-refractivity contribution in [3.05, 3.63) is 32.5 Å². The van der Waals surface area contributed by atoms with E-state index in [0.717, 1.165) is 15.6 Å². The number of fused-ring (bicyclic) bond motifs is 1. The first-order chi connectivity index (χ1) is 7.00. The first-order valence-electron chi connectivity index (χ1n) is 4.08. The van der Waals surface area contributed by atoms with Crippen molar-refractivity contribution in [3.8, 4) is 0 Å². The van der Waals surface area contributed by atoms with Crippen LogP contribution in [0.2, 0.25) is 0 Å². The van der Waals surface area contributed by atoms with Gasteiger partial charge in [-0.1, -0.05) is 0 Å². The zero-order valence-corrected chi connectivity index (χ0v) is 10.8. The van der Waals surface area contributed by atoms with Crippen LogP contribution in [0.5, 0.6) is 0 Å². The number of halogens is 2. The zero-order chi connectivity index (χ0) is 11.2. The number of carboxylic acids is 1. The van der Waals surface area contributed by atoms with Crippen LogP contribution in [0.25, 0.3) is 5.52 Å². The minimum absolute atomic E-state index is 0.0243. The van der Waals surface area contributed by atoms with Crippen molar-refractivity contribution in [1.29, 1.82) is 0 Å². The van der Waals surface area contributed by atoms with Gasteiger partial charge in [-0.05, 0) is 50.4 Å². The van der Waals surface area contributed by atoms with Gasteiger partial charge in [0.25, 0.3) is 0 Å². The topological polar surface area (TPSA) is 54.6 Å². The summed E-state index contributed by atoms with van der Waals surface area (Å²) >= 11 is 6.58. The van der Waals surface area contributed by atoms with Crippen LogP contribution < -0.4 is 0 Å². The predicted octanol–water partition coefficient (Wildman–Crippen LogP) is 2.87. The number of carbonyl (C=O) groups is 1. The highest BCUT2D eigenvalue weighted by molar-refractivity contribution is 9.11. The van der Waals surface area contributed by atoms with Crippen LogP contribution in [0.15, 0.2) is 21.2 Å². The summed E-state index contributed by atoms with van der Waals surface area (Å²) in [4.78, 5) is 10.9. The molecule has 0 aliphatic rings. The Kier molecular flexibility index (Phi) is 2.56. The molecule has 0 aromatic carbocycles. The van der Waals surface area contributed by atoms with Crippen LogP contribution in [0.1, 0.15) is 16.1 Å². The number of hydrogen-bond acceptors (Lipinski definition) is 2. The standard InChI is InChI=1S/C9H6Br2N2O2/c1-4-2-5(10)3-13-8(4)6(11)7(12-13)9(14)15/h2-3H,1H3,(H,14,15). The molecule has 78 valence electrons. The first kappa shape index (κ1) is 10.6. The van der Waals surface area contributed by atoms with E-state index in [2.05, 4.69) is 37.0 Å². The predicted molar refractivity (Wildman–Crippen MR) is 62.3 cm³/mol. The fourth-order valence-electron chi connectivity index (χ4n) is 1.43. The lowest BCUT2D eigenvalue weighted by Gasteiger charge is -1.99. The SMILES string of the molecule is Cc1cc(Br)cn2nc(C(=O)O)c(Br)c12. The summed E-state index contributed by atoms with van der Waals surface area (Å²) in [6.45, 7) is 1.90. The zero-order valence-electron chi connectivity index (χ0n) is 7.66. The molecule has 0 unspecified atom stereocenters. The van der Waals surface area contributed by atoms with Crippen LogP contribution >= 0.6 is 31.9 Å². The maximum Gasteiger partial charge on any atom is 0.357 e. The van der Waals surface area contributed by atoms with E-state index in [1.54, 1.807) is 10.7 Å². The molecular formula is C9H6Br2N2O2. The monoisotopic (exact) mass is 332 g/mol. The maximum atomic E-state index is 10.9. The summed E-state index contributed by atoms with van der Waals surface area (Å²) in [6.07, 6.45) is 1.72. The van der Waals surface area contributed by atoms with Crippen molar-refractivity contribution in [2.45, 2.75) is 6.92 Å². The second-order valence-electron chi connectivity index (χ2n) is 3.10. The van der Waals surface area contributed by atoms with Crippen LogP contribution in [0, 0.1) is 6.92 Å². The van der Waals surface area contributed by atoms with E-state index in [-0.39, 0.29) is 5.69 Å². The summed E-state index contributed by atoms with van der Waals surface area (Å²) in [5, 5.41) is 12.9. The molecule has 0 atom stereocenters. The molecule has 2 aromatic heterocycles. The molecule has 0 bridgehead atoms. The molecule has 0 aliphatic carbocycles. The smallest absolute Gasteiger partial charge is 0.357 e. The summed E-state index contributed by atoms with van der Waals surface area (Å²) in [5.41, 5.74) is 1.75. The molecule has 0 fully saturated rings. The summed E-state index contributed by atoms with van der Waals surface area (Å²) in [6, 6.07) is 1.91. The second-order valence-corrected chi connectivity index (χ2v) is 4.81. The highest BCUT2D eigenvalue weighted by Gasteiger charge is 2.17. The number of aromatic carboxylic acids is 1. The molecule has 1 N–H and O–H groups in total. The maximum absolute atomic E-state index is 10.9. The van der Waals surface area contributed by atoms with Crippen molar-refractivity contribution >= 4 is 43.3 Å². The van der Waals surface area contributed by atoms with E-state index in [4.69, 9.17) is 5.11 Å². The number of carboxylic acid groups (broad SMARTS) is 1. The van der Waals surface area contributed by atoms with E-state index in [9.17, 15) is 4.79 Å². The van der Waals surface area contributed by atoms with Crippen molar-refractivity contribution in [2.24, 2.45) is 0 Å². The Morgan fingerprint density at radius 3 is 2.80 bits per heavy atom. The summed E-state index contributed by atoms with van der Waals surface area (Å²) in [7, 11) is 0. The molecule has 2 aromatic rings. The minimum Gasteiger partial charge on any atom is -0.476 e. The molecule has 0 radical (unpaired) electrons. The van der Waals surface area contributed by atoms with E-state index in [1.165, 1.54) is 0 Å². The third-order valence-electron chi connectivity index (χ3n) is 2.03. The largest absolute Gasteiger partial charge is 0.476 e. The fraction of sp³-hybridized carbons (Fsp3) is 0.111. The van der Waals surface area contributed by atoms with Gasteiger partial charge in [-0.25, -0.2) is 9.31 Å².